The number of amides is 1. The number of hydrogen-bond donors (Lipinski definition) is 1. The van der Waals surface area contributed by atoms with Crippen molar-refractivity contribution in [3.05, 3.63) is 76.1 Å². The second kappa shape index (κ2) is 10.2. The Morgan fingerprint density at radius 1 is 1.13 bits per heavy atom. The lowest BCUT2D eigenvalue weighted by Crippen LogP contribution is -2.25. The van der Waals surface area contributed by atoms with E-state index in [2.05, 4.69) is 10.4 Å². The molecule has 0 saturated carbocycles. The number of halogens is 1. The minimum absolute atomic E-state index is 0.153. The number of benzene rings is 2. The highest BCUT2D eigenvalue weighted by molar-refractivity contribution is 6.31. The second-order valence-corrected chi connectivity index (χ2v) is 7.41. The molecule has 0 saturated heterocycles. The lowest BCUT2D eigenvalue weighted by Gasteiger charge is -2.13. The van der Waals surface area contributed by atoms with E-state index >= 15 is 0 Å². The molecule has 1 heterocycles. The Kier molecular flexibility index (Phi) is 7.36. The largest absolute Gasteiger partial charge is 0.493 e. The molecule has 0 aliphatic heterocycles. The molecule has 30 heavy (non-hydrogen) atoms. The maximum Gasteiger partial charge on any atom is 0.251 e. The summed E-state index contributed by atoms with van der Waals surface area (Å²) in [6.07, 6.45) is 0.796. The Labute approximate surface area is 181 Å². The third-order valence-electron chi connectivity index (χ3n) is 4.70. The maximum absolute atomic E-state index is 12.5. The first kappa shape index (κ1) is 21.7. The van der Waals surface area contributed by atoms with Gasteiger partial charge in [0.1, 0.15) is 6.61 Å². The monoisotopic (exact) mass is 427 g/mol. The van der Waals surface area contributed by atoms with Crippen molar-refractivity contribution in [2.24, 2.45) is 0 Å². The molecule has 7 heteroatoms. The maximum atomic E-state index is 12.5. The van der Waals surface area contributed by atoms with Crippen LogP contribution in [0.2, 0.25) is 5.02 Å². The zero-order valence-corrected chi connectivity index (χ0v) is 18.2. The molecule has 0 aliphatic carbocycles. The molecule has 3 aromatic rings. The highest BCUT2D eigenvalue weighted by Crippen LogP contribution is 2.29. The van der Waals surface area contributed by atoms with E-state index in [4.69, 9.17) is 21.1 Å². The molecular weight excluding hydrogens is 402 g/mol. The Balaban J connectivity index is 1.54. The van der Waals surface area contributed by atoms with Gasteiger partial charge in [0, 0.05) is 34.9 Å². The number of nitrogens with one attached hydrogen (secondary N) is 1. The van der Waals surface area contributed by atoms with Crippen molar-refractivity contribution < 1.29 is 14.3 Å². The fourth-order valence-corrected chi connectivity index (χ4v) is 3.32. The average molecular weight is 428 g/mol. The van der Waals surface area contributed by atoms with E-state index in [-0.39, 0.29) is 5.91 Å². The van der Waals surface area contributed by atoms with Crippen molar-refractivity contribution >= 4 is 17.5 Å². The van der Waals surface area contributed by atoms with Crippen molar-refractivity contribution in [2.75, 3.05) is 13.7 Å². The molecular formula is C23H26ClN3O3. The number of hydrogen-bond acceptors (Lipinski definition) is 4. The van der Waals surface area contributed by atoms with Gasteiger partial charge in [0.2, 0.25) is 0 Å². The van der Waals surface area contributed by atoms with E-state index in [1.165, 1.54) is 0 Å². The van der Waals surface area contributed by atoms with Crippen LogP contribution in [0.4, 0.5) is 0 Å². The number of nitrogens with zero attached hydrogens (tertiary/aromatic N) is 2. The van der Waals surface area contributed by atoms with Gasteiger partial charge in [-0.25, -0.2) is 0 Å². The topological polar surface area (TPSA) is 65.4 Å². The summed E-state index contributed by atoms with van der Waals surface area (Å²) in [5.41, 5.74) is 3.52. The molecule has 0 spiro atoms. The Morgan fingerprint density at radius 3 is 2.63 bits per heavy atom. The molecule has 3 rings (SSSR count). The molecule has 2 aromatic carbocycles. The summed E-state index contributed by atoms with van der Waals surface area (Å²) in [5, 5.41) is 8.01. The van der Waals surface area contributed by atoms with Crippen molar-refractivity contribution in [3.63, 3.8) is 0 Å². The number of aromatic nitrogens is 2. The lowest BCUT2D eigenvalue weighted by molar-refractivity contribution is 0.0952. The van der Waals surface area contributed by atoms with Crippen LogP contribution < -0.4 is 14.8 Å². The zero-order valence-electron chi connectivity index (χ0n) is 17.4. The molecule has 0 radical (unpaired) electrons. The summed E-state index contributed by atoms with van der Waals surface area (Å²) in [4.78, 5) is 12.5. The Bertz CT molecular complexity index is 1020. The fourth-order valence-electron chi connectivity index (χ4n) is 3.13. The first-order chi connectivity index (χ1) is 14.5. The first-order valence-corrected chi connectivity index (χ1v) is 10.2. The van der Waals surface area contributed by atoms with E-state index in [0.717, 1.165) is 29.9 Å². The van der Waals surface area contributed by atoms with Crippen LogP contribution in [0.1, 0.15) is 33.7 Å². The normalized spacial score (nSPS) is 10.7. The third-order valence-corrected chi connectivity index (χ3v) is 5.07. The molecule has 158 valence electrons. The summed E-state index contributed by atoms with van der Waals surface area (Å²) in [5.74, 6) is 0.898. The Hall–Kier alpha value is -2.99. The van der Waals surface area contributed by atoms with E-state index in [1.54, 1.807) is 25.3 Å². The highest BCUT2D eigenvalue weighted by Gasteiger charge is 2.12. The first-order valence-electron chi connectivity index (χ1n) is 9.81. The quantitative estimate of drug-likeness (QED) is 0.508. The zero-order chi connectivity index (χ0) is 21.5. The molecule has 0 bridgehead atoms. The molecule has 0 fully saturated rings. The summed E-state index contributed by atoms with van der Waals surface area (Å²) in [7, 11) is 1.55. The number of ether oxygens (including phenoxy) is 2. The minimum atomic E-state index is -0.153. The van der Waals surface area contributed by atoms with Crippen LogP contribution in [-0.4, -0.2) is 29.3 Å². The van der Waals surface area contributed by atoms with Gasteiger partial charge in [0.25, 0.3) is 5.91 Å². The van der Waals surface area contributed by atoms with Crippen LogP contribution >= 0.6 is 11.6 Å². The van der Waals surface area contributed by atoms with Crippen molar-refractivity contribution in [1.29, 1.82) is 0 Å². The van der Waals surface area contributed by atoms with Gasteiger partial charge < -0.3 is 14.8 Å². The van der Waals surface area contributed by atoms with Gasteiger partial charge in [0.05, 0.1) is 12.8 Å². The summed E-state index contributed by atoms with van der Waals surface area (Å²) in [6, 6.07) is 14.7. The number of aryl methyl sites for hydroxylation is 3. The van der Waals surface area contributed by atoms with Crippen LogP contribution in [0.5, 0.6) is 11.5 Å². The van der Waals surface area contributed by atoms with E-state index in [0.29, 0.717) is 35.2 Å². The van der Waals surface area contributed by atoms with Crippen LogP contribution in [0.25, 0.3) is 0 Å². The number of carbonyl (C=O) groups excluding carboxylic acids is 1. The lowest BCUT2D eigenvalue weighted by atomic mass is 10.2. The third kappa shape index (κ3) is 5.54. The predicted octanol–water partition coefficient (Wildman–Crippen LogP) is 4.56. The van der Waals surface area contributed by atoms with Gasteiger partial charge in [-0.2, -0.15) is 5.10 Å². The molecule has 0 unspecified atom stereocenters. The van der Waals surface area contributed by atoms with Gasteiger partial charge in [-0.3, -0.25) is 9.48 Å². The summed E-state index contributed by atoms with van der Waals surface area (Å²) < 4.78 is 13.2. The second-order valence-electron chi connectivity index (χ2n) is 7.01. The van der Waals surface area contributed by atoms with Gasteiger partial charge in [0.15, 0.2) is 11.5 Å². The van der Waals surface area contributed by atoms with Crippen molar-refractivity contribution in [1.82, 2.24) is 15.1 Å². The van der Waals surface area contributed by atoms with Crippen LogP contribution in [0.3, 0.4) is 0 Å². The standard InChI is InChI=1S/C23H26ClN3O3/c1-16-13-17(2)27(26-16)12-6-11-25-23(28)18-9-10-21(22(14-18)29-3)30-15-19-7-4-5-8-20(19)24/h4-5,7-10,13-14H,6,11-12,15H2,1-3H3,(H,25,28). The molecule has 1 N–H and O–H groups in total. The fraction of sp³-hybridized carbons (Fsp3) is 0.304. The Morgan fingerprint density at radius 2 is 1.93 bits per heavy atom. The van der Waals surface area contributed by atoms with E-state index < -0.39 is 0 Å². The summed E-state index contributed by atoms with van der Waals surface area (Å²) >= 11 is 6.17. The number of methoxy groups -OCH3 is 1. The number of rotatable bonds is 9. The molecule has 0 aliphatic rings. The summed E-state index contributed by atoms with van der Waals surface area (Å²) in [6.45, 7) is 5.64. The van der Waals surface area contributed by atoms with Crippen molar-refractivity contribution in [2.45, 2.75) is 33.4 Å². The highest BCUT2D eigenvalue weighted by atomic mass is 35.5. The smallest absolute Gasteiger partial charge is 0.251 e. The molecule has 1 aromatic heterocycles. The van der Waals surface area contributed by atoms with Crippen molar-refractivity contribution in [3.8, 4) is 11.5 Å². The van der Waals surface area contributed by atoms with Crippen LogP contribution in [0, 0.1) is 13.8 Å². The van der Waals surface area contributed by atoms with Crippen LogP contribution in [-0.2, 0) is 13.2 Å². The van der Waals surface area contributed by atoms with E-state index in [1.807, 2.05) is 48.9 Å². The average Bonchev–Trinajstić information content (AvgIpc) is 3.07. The molecule has 6 nitrogen and oxygen atoms in total. The van der Waals surface area contributed by atoms with Gasteiger partial charge in [-0.05, 0) is 50.6 Å². The van der Waals surface area contributed by atoms with Gasteiger partial charge in [-0.15, -0.1) is 0 Å². The van der Waals surface area contributed by atoms with Crippen LogP contribution in [0.15, 0.2) is 48.5 Å². The SMILES string of the molecule is COc1cc(C(=O)NCCCn2nc(C)cc2C)ccc1OCc1ccccc1Cl. The molecule has 1 amide bonds. The number of carbonyl (C=O) groups is 1. The molecule has 0 atom stereocenters. The van der Waals surface area contributed by atoms with Gasteiger partial charge in [-0.1, -0.05) is 29.8 Å². The van der Waals surface area contributed by atoms with E-state index in [9.17, 15) is 4.79 Å². The predicted molar refractivity (Wildman–Crippen MR) is 117 cm³/mol. The van der Waals surface area contributed by atoms with Gasteiger partial charge >= 0.3 is 0 Å². The minimum Gasteiger partial charge on any atom is -0.493 e.